The van der Waals surface area contributed by atoms with Gasteiger partial charge in [-0.15, -0.1) is 18.1 Å². The van der Waals surface area contributed by atoms with Crippen molar-refractivity contribution in [3.05, 3.63) is 71.3 Å². The van der Waals surface area contributed by atoms with Crippen LogP contribution in [0.2, 0.25) is 18.1 Å². The Labute approximate surface area is 248 Å². The van der Waals surface area contributed by atoms with Gasteiger partial charge in [-0.25, -0.2) is 19.3 Å². The molecule has 2 bridgehead atoms. The third-order valence-electron chi connectivity index (χ3n) is 8.87. The molecule has 0 radical (unpaired) electrons. The van der Waals surface area contributed by atoms with Crippen LogP contribution in [0.4, 0.5) is 13.2 Å². The molecule has 6 rings (SSSR count). The molecule has 8 nitrogen and oxygen atoms in total. The molecule has 2 aliphatic rings. The molecule has 0 unspecified atom stereocenters. The first-order chi connectivity index (χ1) is 20.1. The summed E-state index contributed by atoms with van der Waals surface area (Å²) in [5, 5.41) is 2.94. The number of hydrogen-bond donors (Lipinski definition) is 1. The van der Waals surface area contributed by atoms with Crippen LogP contribution >= 0.6 is 0 Å². The lowest BCUT2D eigenvalue weighted by Gasteiger charge is -2.53. The van der Waals surface area contributed by atoms with E-state index in [0.29, 0.717) is 40.2 Å². The molecule has 43 heavy (non-hydrogen) atoms. The van der Waals surface area contributed by atoms with Crippen LogP contribution in [-0.4, -0.2) is 40.4 Å². The molecule has 0 aliphatic carbocycles. The Hall–Kier alpha value is -3.77. The number of alkyl halides is 2. The molecule has 2 aromatic heterocycles. The quantitative estimate of drug-likeness (QED) is 0.231. The zero-order valence-corrected chi connectivity index (χ0v) is 26.1. The molecular formula is C31H34F3N5O3Si-. The molecule has 1 N–H and O–H groups in total. The Morgan fingerprint density at radius 3 is 2.42 bits per heavy atom. The van der Waals surface area contributed by atoms with E-state index in [0.717, 1.165) is 0 Å². The summed E-state index contributed by atoms with van der Waals surface area (Å²) in [6.07, 6.45) is 3.56. The average molecular weight is 610 g/mol. The van der Waals surface area contributed by atoms with Gasteiger partial charge in [0.05, 0.1) is 28.7 Å². The highest BCUT2D eigenvalue weighted by Gasteiger charge is 2.42. The van der Waals surface area contributed by atoms with Gasteiger partial charge in [-0.1, -0.05) is 26.8 Å². The maximum atomic E-state index is 15.5. The topological polar surface area (TPSA) is 91.2 Å². The van der Waals surface area contributed by atoms with Crippen molar-refractivity contribution < 1.29 is 27.1 Å². The summed E-state index contributed by atoms with van der Waals surface area (Å²) in [7, 11) is -2.13. The fraction of sp³-hybridized carbons (Fsp3) is 0.419. The number of nitrogens with zero attached hydrogens (tertiary/aromatic N) is 4. The number of halogens is 3. The van der Waals surface area contributed by atoms with Gasteiger partial charge in [0.1, 0.15) is 17.4 Å². The van der Waals surface area contributed by atoms with Crippen LogP contribution in [0.25, 0.3) is 22.2 Å². The smallest absolute Gasteiger partial charge is 0.387 e. The summed E-state index contributed by atoms with van der Waals surface area (Å²) in [4.78, 5) is 26.8. The zero-order valence-electron chi connectivity index (χ0n) is 25.1. The summed E-state index contributed by atoms with van der Waals surface area (Å²) in [5.74, 6) is 0.0452. The van der Waals surface area contributed by atoms with Crippen LogP contribution in [-0.2, 0) is 10.0 Å². The molecule has 0 fully saturated rings. The molecule has 4 aromatic rings. The van der Waals surface area contributed by atoms with E-state index in [1.165, 1.54) is 18.2 Å². The highest BCUT2D eigenvalue weighted by molar-refractivity contribution is 6.74. The van der Waals surface area contributed by atoms with E-state index in [-0.39, 0.29) is 21.9 Å². The number of carbonyl (C=O) groups is 1. The lowest BCUT2D eigenvalue weighted by Crippen LogP contribution is -2.46. The largest absolute Gasteiger partial charge is 0.555 e. The van der Waals surface area contributed by atoms with Gasteiger partial charge in [-0.3, -0.25) is 4.79 Å². The van der Waals surface area contributed by atoms with Crippen molar-refractivity contribution in [1.82, 2.24) is 24.8 Å². The molecule has 12 heteroatoms. The van der Waals surface area contributed by atoms with Gasteiger partial charge in [-0.05, 0) is 46.8 Å². The number of ether oxygens (including phenoxy) is 1. The Bertz CT molecular complexity index is 1750. The first-order valence-electron chi connectivity index (χ1n) is 14.2. The SMILES string of the molecule is CC(C)(O[Si-](C)(C)C(C)(C)C)c1ncc(-c2cc3c(cc2F)nc2n3[C@@H]3C[C@H]2NC(=O)c2cccc(OC(F)F)c23)cn1. The second-order valence-corrected chi connectivity index (χ2v) is 17.9. The zero-order chi connectivity index (χ0) is 31.1. The lowest BCUT2D eigenvalue weighted by molar-refractivity contribution is -0.0507. The summed E-state index contributed by atoms with van der Waals surface area (Å²) in [6, 6.07) is 6.53. The molecule has 0 saturated carbocycles. The Balaban J connectivity index is 1.41. The minimum atomic E-state index is -3.06. The molecule has 2 aliphatic heterocycles. The standard InChI is InChI=1S/C31H34F3N5O3Si/c1-30(2,3)43(6,7)42-31(4,5)28-35-14-16(15-36-28)18-11-22-20(12-19(18)32)37-26-21-13-23(39(22)26)25-17(27(40)38-21)9-8-10-24(25)41-29(33)34/h8-12,14-15,21,23,29H,13H2,1-7H3,(H,38,40)/q-1/t21-,23-/m1/s1. The number of benzene rings is 2. The van der Waals surface area contributed by atoms with Crippen molar-refractivity contribution >= 4 is 25.3 Å². The monoisotopic (exact) mass is 609 g/mol. The number of fused-ring (bicyclic) bond motifs is 9. The fourth-order valence-corrected chi connectivity index (χ4v) is 7.54. The summed E-state index contributed by atoms with van der Waals surface area (Å²) >= 11 is 0. The van der Waals surface area contributed by atoms with Crippen molar-refractivity contribution in [2.45, 2.75) is 83.5 Å². The van der Waals surface area contributed by atoms with Crippen LogP contribution in [0.5, 0.6) is 5.75 Å². The van der Waals surface area contributed by atoms with Gasteiger partial charge in [-0.2, -0.15) is 8.78 Å². The van der Waals surface area contributed by atoms with E-state index in [4.69, 9.17) is 9.16 Å². The molecule has 227 valence electrons. The second kappa shape index (κ2) is 9.88. The molecule has 2 atom stereocenters. The molecular weight excluding hydrogens is 575 g/mol. The number of hydrogen-bond acceptors (Lipinski definition) is 6. The van der Waals surface area contributed by atoms with E-state index < -0.39 is 44.3 Å². The highest BCUT2D eigenvalue weighted by atomic mass is 28.4. The summed E-state index contributed by atoms with van der Waals surface area (Å²) in [5.41, 5.74) is 1.58. The number of aromatic nitrogens is 4. The average Bonchev–Trinajstić information content (AvgIpc) is 3.38. The van der Waals surface area contributed by atoms with Crippen LogP contribution in [0, 0.1) is 5.82 Å². The van der Waals surface area contributed by atoms with Gasteiger partial charge >= 0.3 is 6.61 Å². The van der Waals surface area contributed by atoms with Crippen molar-refractivity contribution in [1.29, 1.82) is 0 Å². The molecule has 4 heterocycles. The predicted molar refractivity (Wildman–Crippen MR) is 158 cm³/mol. The molecule has 0 spiro atoms. The number of amides is 1. The Kier molecular flexibility index (Phi) is 6.73. The van der Waals surface area contributed by atoms with Gasteiger partial charge in [0.15, 0.2) is 5.82 Å². The maximum Gasteiger partial charge on any atom is 0.387 e. The van der Waals surface area contributed by atoms with Crippen LogP contribution in [0.3, 0.4) is 0 Å². The van der Waals surface area contributed by atoms with Crippen LogP contribution in [0.1, 0.15) is 80.7 Å². The van der Waals surface area contributed by atoms with Crippen LogP contribution < -0.4 is 10.1 Å². The number of imidazole rings is 1. The molecule has 2 aromatic carbocycles. The van der Waals surface area contributed by atoms with Gasteiger partial charge in [0, 0.05) is 40.7 Å². The summed E-state index contributed by atoms with van der Waals surface area (Å²) < 4.78 is 55.5. The van der Waals surface area contributed by atoms with Crippen LogP contribution in [0.15, 0.2) is 42.7 Å². The highest BCUT2D eigenvalue weighted by Crippen LogP contribution is 2.48. The van der Waals surface area contributed by atoms with E-state index in [9.17, 15) is 13.6 Å². The third-order valence-corrected chi connectivity index (χ3v) is 13.5. The Morgan fingerprint density at radius 1 is 1.07 bits per heavy atom. The predicted octanol–water partition coefficient (Wildman–Crippen LogP) is 7.27. The van der Waals surface area contributed by atoms with Gasteiger partial charge in [0.25, 0.3) is 5.91 Å². The minimum absolute atomic E-state index is 0.00125. The minimum Gasteiger partial charge on any atom is -0.555 e. The molecule has 0 saturated heterocycles. The number of nitrogens with one attached hydrogen (secondary N) is 1. The fourth-order valence-electron chi connectivity index (χ4n) is 5.87. The first-order valence-corrected chi connectivity index (χ1v) is 17.1. The number of rotatable bonds is 6. The normalized spacial score (nSPS) is 18.4. The third kappa shape index (κ3) is 4.90. The van der Waals surface area contributed by atoms with Gasteiger partial charge in [0.2, 0.25) is 0 Å². The van der Waals surface area contributed by atoms with Crippen molar-refractivity contribution in [2.75, 3.05) is 0 Å². The van der Waals surface area contributed by atoms with E-state index in [1.807, 2.05) is 18.4 Å². The second-order valence-electron chi connectivity index (χ2n) is 13.2. The molecule has 1 amide bonds. The van der Waals surface area contributed by atoms with E-state index in [1.54, 1.807) is 24.5 Å². The summed E-state index contributed by atoms with van der Waals surface area (Å²) in [6.45, 7) is 11.7. The van der Waals surface area contributed by atoms with Gasteiger partial charge < -0.3 is 19.0 Å². The Morgan fingerprint density at radius 2 is 1.77 bits per heavy atom. The van der Waals surface area contributed by atoms with Crippen molar-refractivity contribution in [3.8, 4) is 16.9 Å². The maximum absolute atomic E-state index is 15.5. The lowest BCUT2D eigenvalue weighted by atomic mass is 9.97. The van der Waals surface area contributed by atoms with Crippen molar-refractivity contribution in [3.63, 3.8) is 0 Å². The van der Waals surface area contributed by atoms with Crippen molar-refractivity contribution in [2.24, 2.45) is 0 Å². The number of carbonyl (C=O) groups excluding carboxylic acids is 1. The van der Waals surface area contributed by atoms with E-state index >= 15 is 4.39 Å². The first kappa shape index (κ1) is 29.3. The van der Waals surface area contributed by atoms with E-state index in [2.05, 4.69) is 54.1 Å².